The Morgan fingerprint density at radius 3 is 2.54 bits per heavy atom. The maximum Gasteiger partial charge on any atom is 0.410 e. The van der Waals surface area contributed by atoms with E-state index in [1.54, 1.807) is 17.0 Å². The second kappa shape index (κ2) is 6.55. The monoisotopic (exact) mass is 360 g/mol. The van der Waals surface area contributed by atoms with Gasteiger partial charge in [0, 0.05) is 30.5 Å². The quantitative estimate of drug-likeness (QED) is 0.874. The Morgan fingerprint density at radius 1 is 1.38 bits per heavy atom. The van der Waals surface area contributed by atoms with E-state index in [1.165, 1.54) is 6.07 Å². The van der Waals surface area contributed by atoms with Crippen LogP contribution in [0.4, 0.5) is 9.18 Å². The smallest absolute Gasteiger partial charge is 0.410 e. The van der Waals surface area contributed by atoms with Gasteiger partial charge in [0.25, 0.3) is 0 Å². The number of carbonyl (C=O) groups excluding carboxylic acids is 1. The molecule has 0 aromatic heterocycles. The first-order valence-corrected chi connectivity index (χ1v) is 9.02. The number of nitriles is 1. The van der Waals surface area contributed by atoms with E-state index < -0.39 is 17.0 Å². The van der Waals surface area contributed by atoms with Crippen molar-refractivity contribution >= 4 is 6.09 Å². The van der Waals surface area contributed by atoms with Crippen molar-refractivity contribution in [3.8, 4) is 6.07 Å². The van der Waals surface area contributed by atoms with Crippen LogP contribution in [0.2, 0.25) is 0 Å². The fourth-order valence-corrected chi connectivity index (χ4v) is 4.16. The number of aliphatic hydroxyl groups is 1. The zero-order chi connectivity index (χ0) is 19.1. The number of halogens is 1. The first kappa shape index (κ1) is 18.7. The van der Waals surface area contributed by atoms with Crippen LogP contribution in [-0.2, 0) is 16.8 Å². The van der Waals surface area contributed by atoms with Crippen molar-refractivity contribution in [3.63, 3.8) is 0 Å². The lowest BCUT2D eigenvalue weighted by Gasteiger charge is -2.44. The number of carbonyl (C=O) groups is 1. The number of piperidine rings is 1. The molecule has 0 radical (unpaired) electrons. The Kier molecular flexibility index (Phi) is 4.70. The van der Waals surface area contributed by atoms with Gasteiger partial charge in [-0.25, -0.2) is 9.18 Å². The highest BCUT2D eigenvalue weighted by Gasteiger charge is 2.51. The van der Waals surface area contributed by atoms with Gasteiger partial charge in [-0.05, 0) is 51.3 Å². The third-order valence-corrected chi connectivity index (χ3v) is 5.22. The van der Waals surface area contributed by atoms with Crippen LogP contribution >= 0.6 is 0 Å². The summed E-state index contributed by atoms with van der Waals surface area (Å²) in [5.41, 5.74) is -0.777. The number of amides is 1. The van der Waals surface area contributed by atoms with Crippen molar-refractivity contribution in [3.05, 3.63) is 35.1 Å². The molecule has 1 amide bonds. The van der Waals surface area contributed by atoms with E-state index in [0.717, 1.165) is 12.8 Å². The lowest BCUT2D eigenvalue weighted by molar-refractivity contribution is -0.0624. The van der Waals surface area contributed by atoms with E-state index in [0.29, 0.717) is 24.0 Å². The van der Waals surface area contributed by atoms with Crippen LogP contribution in [0.3, 0.4) is 0 Å². The van der Waals surface area contributed by atoms with Crippen LogP contribution in [0.1, 0.15) is 57.6 Å². The van der Waals surface area contributed by atoms with E-state index >= 15 is 0 Å². The summed E-state index contributed by atoms with van der Waals surface area (Å²) in [6.07, 6.45) is 2.04. The number of rotatable bonds is 2. The number of benzene rings is 1. The minimum Gasteiger partial charge on any atom is -0.444 e. The molecule has 2 aliphatic heterocycles. The van der Waals surface area contributed by atoms with Crippen molar-refractivity contribution in [2.24, 2.45) is 0 Å². The third-order valence-electron chi connectivity index (χ3n) is 5.22. The summed E-state index contributed by atoms with van der Waals surface area (Å²) in [5, 5.41) is 20.1. The summed E-state index contributed by atoms with van der Waals surface area (Å²) in [5.74, 6) is -0.437. The summed E-state index contributed by atoms with van der Waals surface area (Å²) >= 11 is 0. The Hall–Kier alpha value is -2.13. The molecule has 5 nitrogen and oxygen atoms in total. The van der Waals surface area contributed by atoms with E-state index in [2.05, 4.69) is 0 Å². The average Bonchev–Trinajstić information content (AvgIpc) is 2.81. The summed E-state index contributed by atoms with van der Waals surface area (Å²) in [4.78, 5) is 14.3. The topological polar surface area (TPSA) is 73.6 Å². The van der Waals surface area contributed by atoms with Crippen LogP contribution in [0.5, 0.6) is 0 Å². The summed E-state index contributed by atoms with van der Waals surface area (Å²) in [7, 11) is 0. The Morgan fingerprint density at radius 2 is 2.00 bits per heavy atom. The first-order valence-electron chi connectivity index (χ1n) is 9.02. The van der Waals surface area contributed by atoms with Gasteiger partial charge in [0.15, 0.2) is 0 Å². The molecule has 140 valence electrons. The third kappa shape index (κ3) is 3.54. The normalized spacial score (nSPS) is 27.9. The molecule has 26 heavy (non-hydrogen) atoms. The van der Waals surface area contributed by atoms with Gasteiger partial charge in [0.1, 0.15) is 11.4 Å². The SMILES string of the molecule is CC(C)(C)OC(=O)N1C2CCC1CC(O)(c1ccc(F)c(CC#N)c1)C2. The summed E-state index contributed by atoms with van der Waals surface area (Å²) in [6, 6.07) is 6.23. The zero-order valence-electron chi connectivity index (χ0n) is 15.5. The molecule has 1 aromatic carbocycles. The fourth-order valence-electron chi connectivity index (χ4n) is 4.16. The molecule has 3 rings (SSSR count). The maximum atomic E-state index is 13.8. The van der Waals surface area contributed by atoms with Crippen LogP contribution in [0, 0.1) is 17.1 Å². The van der Waals surface area contributed by atoms with Crippen LogP contribution in [0.25, 0.3) is 0 Å². The van der Waals surface area contributed by atoms with E-state index in [1.807, 2.05) is 26.8 Å². The lowest BCUT2D eigenvalue weighted by Crippen LogP contribution is -2.53. The van der Waals surface area contributed by atoms with Crippen molar-refractivity contribution in [1.29, 1.82) is 5.26 Å². The summed E-state index contributed by atoms with van der Waals surface area (Å²) < 4.78 is 19.4. The van der Waals surface area contributed by atoms with Gasteiger partial charge in [0.2, 0.25) is 0 Å². The molecule has 2 unspecified atom stereocenters. The first-order chi connectivity index (χ1) is 12.1. The molecule has 0 saturated carbocycles. The van der Waals surface area contributed by atoms with Gasteiger partial charge < -0.3 is 14.7 Å². The second-order valence-electron chi connectivity index (χ2n) is 8.35. The molecule has 2 fully saturated rings. The molecule has 2 heterocycles. The molecule has 2 saturated heterocycles. The van der Waals surface area contributed by atoms with Crippen LogP contribution in [0.15, 0.2) is 18.2 Å². The highest BCUT2D eigenvalue weighted by atomic mass is 19.1. The molecule has 0 spiro atoms. The van der Waals surface area contributed by atoms with Crippen LogP contribution < -0.4 is 0 Å². The minimum absolute atomic E-state index is 0.0351. The Bertz CT molecular complexity index is 736. The van der Waals surface area contributed by atoms with Crippen molar-refractivity contribution in [2.45, 2.75) is 76.2 Å². The van der Waals surface area contributed by atoms with Gasteiger partial charge in [-0.15, -0.1) is 0 Å². The van der Waals surface area contributed by atoms with Gasteiger partial charge in [-0.3, -0.25) is 0 Å². The molecular formula is C20H25FN2O3. The zero-order valence-corrected chi connectivity index (χ0v) is 15.5. The fraction of sp³-hybridized carbons (Fsp3) is 0.600. The molecule has 0 aliphatic carbocycles. The highest BCUT2D eigenvalue weighted by molar-refractivity contribution is 5.69. The largest absolute Gasteiger partial charge is 0.444 e. The number of hydrogen-bond donors (Lipinski definition) is 1. The Labute approximate surface area is 153 Å². The molecule has 6 heteroatoms. The number of fused-ring (bicyclic) bond motifs is 2. The molecule has 2 bridgehead atoms. The van der Waals surface area contributed by atoms with E-state index in [4.69, 9.17) is 10.00 Å². The minimum atomic E-state index is -1.12. The number of nitrogens with zero attached hydrogens (tertiary/aromatic N) is 2. The summed E-state index contributed by atoms with van der Waals surface area (Å²) in [6.45, 7) is 5.51. The predicted octanol–water partition coefficient (Wildman–Crippen LogP) is 3.64. The van der Waals surface area contributed by atoms with E-state index in [9.17, 15) is 14.3 Å². The van der Waals surface area contributed by atoms with Gasteiger partial charge in [-0.2, -0.15) is 5.26 Å². The molecule has 1 aromatic rings. The van der Waals surface area contributed by atoms with Crippen molar-refractivity contribution in [2.75, 3.05) is 0 Å². The van der Waals surface area contributed by atoms with Crippen molar-refractivity contribution in [1.82, 2.24) is 4.90 Å². The highest BCUT2D eigenvalue weighted by Crippen LogP contribution is 2.46. The van der Waals surface area contributed by atoms with Crippen molar-refractivity contribution < 1.29 is 19.0 Å². The Balaban J connectivity index is 1.83. The van der Waals surface area contributed by atoms with E-state index in [-0.39, 0.29) is 24.6 Å². The lowest BCUT2D eigenvalue weighted by atomic mass is 9.80. The maximum absolute atomic E-state index is 13.8. The van der Waals surface area contributed by atoms with Gasteiger partial charge >= 0.3 is 6.09 Å². The average molecular weight is 360 g/mol. The van der Waals surface area contributed by atoms with Crippen LogP contribution in [-0.4, -0.2) is 33.8 Å². The molecular weight excluding hydrogens is 335 g/mol. The molecule has 2 atom stereocenters. The molecule has 1 N–H and O–H groups in total. The van der Waals surface area contributed by atoms with Gasteiger partial charge in [-0.1, -0.05) is 6.07 Å². The number of ether oxygens (including phenoxy) is 1. The molecule has 2 aliphatic rings. The second-order valence-corrected chi connectivity index (χ2v) is 8.35. The van der Waals surface area contributed by atoms with Gasteiger partial charge in [0.05, 0.1) is 18.1 Å². The predicted molar refractivity (Wildman–Crippen MR) is 93.7 cm³/mol. The number of hydrogen-bond acceptors (Lipinski definition) is 4. The standard InChI is InChI=1S/C20H25FN2O3/c1-19(2,3)26-18(24)23-15-5-6-16(23)12-20(25,11-15)14-4-7-17(21)13(10-14)8-9-22/h4,7,10,15-16,25H,5-6,8,11-12H2,1-3H3.